The highest BCUT2D eigenvalue weighted by molar-refractivity contribution is 6.32. The summed E-state index contributed by atoms with van der Waals surface area (Å²) >= 11 is 5.80. The van der Waals surface area contributed by atoms with E-state index in [1.807, 2.05) is 12.1 Å². The van der Waals surface area contributed by atoms with Crippen LogP contribution in [0.3, 0.4) is 0 Å². The molecule has 0 unspecified atom stereocenters. The van der Waals surface area contributed by atoms with Crippen molar-refractivity contribution >= 4 is 28.9 Å². The van der Waals surface area contributed by atoms with E-state index >= 15 is 0 Å². The van der Waals surface area contributed by atoms with Crippen molar-refractivity contribution in [3.05, 3.63) is 74.3 Å². The fraction of sp³-hybridized carbons (Fsp3) is 0.263. The summed E-state index contributed by atoms with van der Waals surface area (Å²) in [5.74, 6) is -0.353. The zero-order valence-electron chi connectivity index (χ0n) is 15.0. The molecule has 0 heterocycles. The van der Waals surface area contributed by atoms with Gasteiger partial charge in [0.2, 0.25) is 0 Å². The third-order valence-electron chi connectivity index (χ3n) is 3.90. The number of hydrazone groups is 1. The molecule has 26 heavy (non-hydrogen) atoms. The lowest BCUT2D eigenvalue weighted by Crippen LogP contribution is -2.20. The predicted octanol–water partition coefficient (Wildman–Crippen LogP) is 4.70. The lowest BCUT2D eigenvalue weighted by molar-refractivity contribution is -0.384. The van der Waals surface area contributed by atoms with Gasteiger partial charge < -0.3 is 0 Å². The number of halogens is 1. The van der Waals surface area contributed by atoms with E-state index in [9.17, 15) is 14.9 Å². The largest absolute Gasteiger partial charge is 0.288 e. The lowest BCUT2D eigenvalue weighted by Gasteiger charge is -2.18. The molecule has 1 N–H and O–H groups in total. The number of nitro groups is 1. The highest BCUT2D eigenvalue weighted by atomic mass is 35.5. The predicted molar refractivity (Wildman–Crippen MR) is 103 cm³/mol. The highest BCUT2D eigenvalue weighted by Crippen LogP contribution is 2.25. The first-order valence-electron chi connectivity index (χ1n) is 7.99. The smallest absolute Gasteiger partial charge is 0.267 e. The van der Waals surface area contributed by atoms with Gasteiger partial charge in [0.15, 0.2) is 0 Å². The Labute approximate surface area is 157 Å². The Morgan fingerprint density at radius 2 is 1.69 bits per heavy atom. The van der Waals surface area contributed by atoms with Crippen LogP contribution in [0.5, 0.6) is 0 Å². The number of amides is 1. The van der Waals surface area contributed by atoms with Gasteiger partial charge in [-0.15, -0.1) is 0 Å². The molecule has 136 valence electrons. The highest BCUT2D eigenvalue weighted by Gasteiger charge is 2.15. The molecule has 0 spiro atoms. The van der Waals surface area contributed by atoms with Crippen LogP contribution in [-0.2, 0) is 5.41 Å². The van der Waals surface area contributed by atoms with Crippen molar-refractivity contribution < 1.29 is 9.72 Å². The minimum Gasteiger partial charge on any atom is -0.267 e. The average Bonchev–Trinajstić information content (AvgIpc) is 2.58. The van der Waals surface area contributed by atoms with Gasteiger partial charge in [-0.2, -0.15) is 5.10 Å². The Morgan fingerprint density at radius 3 is 2.23 bits per heavy atom. The van der Waals surface area contributed by atoms with Crippen LogP contribution in [0, 0.1) is 10.1 Å². The summed E-state index contributed by atoms with van der Waals surface area (Å²) in [6, 6.07) is 11.7. The third-order valence-corrected chi connectivity index (χ3v) is 4.22. The number of nitrogens with one attached hydrogen (secondary N) is 1. The van der Waals surface area contributed by atoms with Gasteiger partial charge in [-0.05, 0) is 36.1 Å². The summed E-state index contributed by atoms with van der Waals surface area (Å²) in [7, 11) is 0. The zero-order valence-corrected chi connectivity index (χ0v) is 15.8. The standard InChI is InChI=1S/C19H20ClN3O3/c1-12(14-7-10-16(20)17(11-14)23(25)26)21-22-18(24)13-5-8-15(9-6-13)19(2,3)4/h5-11H,1-4H3,(H,22,24)/b21-12-. The van der Waals surface area contributed by atoms with Gasteiger partial charge in [-0.1, -0.05) is 50.6 Å². The monoisotopic (exact) mass is 373 g/mol. The second kappa shape index (κ2) is 7.66. The van der Waals surface area contributed by atoms with Gasteiger partial charge in [0.1, 0.15) is 5.02 Å². The molecule has 2 aromatic carbocycles. The molecule has 0 aliphatic rings. The van der Waals surface area contributed by atoms with E-state index in [2.05, 4.69) is 31.3 Å². The van der Waals surface area contributed by atoms with Crippen molar-refractivity contribution in [3.63, 3.8) is 0 Å². The van der Waals surface area contributed by atoms with Gasteiger partial charge >= 0.3 is 0 Å². The molecule has 0 saturated carbocycles. The van der Waals surface area contributed by atoms with Crippen molar-refractivity contribution in [2.75, 3.05) is 0 Å². The minimum atomic E-state index is -0.561. The summed E-state index contributed by atoms with van der Waals surface area (Å²) in [5.41, 5.74) is 4.82. The molecule has 1 amide bonds. The zero-order chi connectivity index (χ0) is 19.5. The third kappa shape index (κ3) is 4.67. The summed E-state index contributed by atoms with van der Waals surface area (Å²) in [6.45, 7) is 7.94. The first-order valence-corrected chi connectivity index (χ1v) is 8.37. The number of benzene rings is 2. The second-order valence-electron chi connectivity index (χ2n) is 6.89. The molecule has 0 aromatic heterocycles. The lowest BCUT2D eigenvalue weighted by atomic mass is 9.87. The van der Waals surface area contributed by atoms with Gasteiger partial charge in [-0.25, -0.2) is 5.43 Å². The summed E-state index contributed by atoms with van der Waals surface area (Å²) < 4.78 is 0. The number of carbonyl (C=O) groups is 1. The van der Waals surface area contributed by atoms with Crippen LogP contribution in [0.15, 0.2) is 47.6 Å². The number of carbonyl (C=O) groups excluding carboxylic acids is 1. The second-order valence-corrected chi connectivity index (χ2v) is 7.30. The Hall–Kier alpha value is -2.73. The van der Waals surface area contributed by atoms with Gasteiger partial charge in [0, 0.05) is 17.2 Å². The van der Waals surface area contributed by atoms with Crippen LogP contribution in [0.2, 0.25) is 5.02 Å². The summed E-state index contributed by atoms with van der Waals surface area (Å²) in [4.78, 5) is 22.6. The quantitative estimate of drug-likeness (QED) is 0.479. The molecule has 2 aromatic rings. The molecule has 0 aliphatic carbocycles. The number of nitrogens with zero attached hydrogens (tertiary/aromatic N) is 2. The van der Waals surface area contributed by atoms with Crippen molar-refractivity contribution in [2.45, 2.75) is 33.1 Å². The van der Waals surface area contributed by atoms with E-state index in [0.717, 1.165) is 5.56 Å². The van der Waals surface area contributed by atoms with E-state index in [0.29, 0.717) is 16.8 Å². The molecule has 0 atom stereocenters. The van der Waals surface area contributed by atoms with Crippen LogP contribution < -0.4 is 5.43 Å². The summed E-state index contributed by atoms with van der Waals surface area (Å²) in [5, 5.41) is 15.0. The van der Waals surface area contributed by atoms with Crippen molar-refractivity contribution in [3.8, 4) is 0 Å². The maximum atomic E-state index is 12.2. The van der Waals surface area contributed by atoms with Gasteiger partial charge in [0.25, 0.3) is 11.6 Å². The van der Waals surface area contributed by atoms with Crippen molar-refractivity contribution in [2.24, 2.45) is 5.10 Å². The average molecular weight is 374 g/mol. The molecular formula is C19H20ClN3O3. The van der Waals surface area contributed by atoms with Crippen LogP contribution >= 0.6 is 11.6 Å². The van der Waals surface area contributed by atoms with E-state index < -0.39 is 4.92 Å². The van der Waals surface area contributed by atoms with Crippen LogP contribution in [-0.4, -0.2) is 16.5 Å². The van der Waals surface area contributed by atoms with Crippen molar-refractivity contribution in [1.29, 1.82) is 0 Å². The molecule has 0 aliphatic heterocycles. The number of hydrogen-bond acceptors (Lipinski definition) is 4. The van der Waals surface area contributed by atoms with Crippen LogP contribution in [0.1, 0.15) is 49.2 Å². The maximum Gasteiger partial charge on any atom is 0.288 e. The minimum absolute atomic E-state index is 0.00699. The Bertz CT molecular complexity index is 869. The normalized spacial score (nSPS) is 12.0. The molecule has 0 fully saturated rings. The topological polar surface area (TPSA) is 84.6 Å². The number of rotatable bonds is 4. The van der Waals surface area contributed by atoms with Crippen LogP contribution in [0.25, 0.3) is 0 Å². The van der Waals surface area contributed by atoms with E-state index in [4.69, 9.17) is 11.6 Å². The van der Waals surface area contributed by atoms with Gasteiger partial charge in [0.05, 0.1) is 10.6 Å². The number of nitro benzene ring substituents is 1. The fourth-order valence-electron chi connectivity index (χ4n) is 2.26. The van der Waals surface area contributed by atoms with Crippen molar-refractivity contribution in [1.82, 2.24) is 5.43 Å². The van der Waals surface area contributed by atoms with Gasteiger partial charge in [-0.3, -0.25) is 14.9 Å². The Morgan fingerprint density at radius 1 is 1.12 bits per heavy atom. The molecule has 7 heteroatoms. The molecule has 0 bridgehead atoms. The van der Waals surface area contributed by atoms with Crippen LogP contribution in [0.4, 0.5) is 5.69 Å². The van der Waals surface area contributed by atoms with E-state index in [1.165, 1.54) is 12.1 Å². The number of hydrogen-bond donors (Lipinski definition) is 1. The fourth-order valence-corrected chi connectivity index (χ4v) is 2.45. The molecule has 2 rings (SSSR count). The molecular weight excluding hydrogens is 354 g/mol. The molecule has 0 saturated heterocycles. The molecule has 6 nitrogen and oxygen atoms in total. The first kappa shape index (κ1) is 19.6. The Balaban J connectivity index is 2.14. The van der Waals surface area contributed by atoms with E-state index in [-0.39, 0.29) is 22.0 Å². The Kier molecular flexibility index (Phi) is 5.77. The maximum absolute atomic E-state index is 12.2. The first-order chi connectivity index (χ1) is 12.1. The molecule has 0 radical (unpaired) electrons. The summed E-state index contributed by atoms with van der Waals surface area (Å²) in [6.07, 6.45) is 0. The van der Waals surface area contributed by atoms with E-state index in [1.54, 1.807) is 25.1 Å². The SMILES string of the molecule is C/C(=N/NC(=O)c1ccc(C(C)(C)C)cc1)c1ccc(Cl)c([N+](=O)[O-])c1.